The summed E-state index contributed by atoms with van der Waals surface area (Å²) in [5.41, 5.74) is 0. The van der Waals surface area contributed by atoms with Crippen LogP contribution in [0.2, 0.25) is 0 Å². The topological polar surface area (TPSA) is 41.1 Å². The molecule has 0 aromatic carbocycles. The third-order valence-corrected chi connectivity index (χ3v) is 2.20. The molecule has 1 saturated heterocycles. The standard InChI is InChI=1S/C9H14N4.ClH/c1-8-11-3-2-9(12-8)13-6-4-10-5-7-13;/h2-3,10H,4-7H2,1H3;1H. The highest BCUT2D eigenvalue weighted by Gasteiger charge is 2.10. The van der Waals surface area contributed by atoms with Gasteiger partial charge in [0, 0.05) is 32.4 Å². The van der Waals surface area contributed by atoms with Gasteiger partial charge in [0.05, 0.1) is 0 Å². The number of nitrogens with one attached hydrogen (secondary N) is 1. The number of aryl methyl sites for hydroxylation is 1. The third-order valence-electron chi connectivity index (χ3n) is 2.20. The van der Waals surface area contributed by atoms with Gasteiger partial charge in [-0.05, 0) is 13.0 Å². The zero-order chi connectivity index (χ0) is 9.10. The SMILES string of the molecule is Cc1nccc(N2CCNCC2)n1.Cl. The fourth-order valence-electron chi connectivity index (χ4n) is 1.51. The second-order valence-corrected chi connectivity index (χ2v) is 3.20. The maximum absolute atomic E-state index is 4.38. The van der Waals surface area contributed by atoms with Crippen LogP contribution in [-0.4, -0.2) is 36.1 Å². The minimum atomic E-state index is 0. The maximum atomic E-state index is 4.38. The van der Waals surface area contributed by atoms with Gasteiger partial charge < -0.3 is 10.2 Å². The molecule has 1 fully saturated rings. The summed E-state index contributed by atoms with van der Waals surface area (Å²) >= 11 is 0. The van der Waals surface area contributed by atoms with Crippen LogP contribution in [0.4, 0.5) is 5.82 Å². The number of halogens is 1. The van der Waals surface area contributed by atoms with E-state index in [4.69, 9.17) is 0 Å². The van der Waals surface area contributed by atoms with Crippen LogP contribution < -0.4 is 10.2 Å². The molecule has 1 aromatic rings. The van der Waals surface area contributed by atoms with Crippen LogP contribution in [0.15, 0.2) is 12.3 Å². The number of hydrogen-bond acceptors (Lipinski definition) is 4. The van der Waals surface area contributed by atoms with Crippen LogP contribution in [0.1, 0.15) is 5.82 Å². The zero-order valence-electron chi connectivity index (χ0n) is 8.23. The summed E-state index contributed by atoms with van der Waals surface area (Å²) in [6.07, 6.45) is 1.82. The van der Waals surface area contributed by atoms with Gasteiger partial charge in [0.15, 0.2) is 0 Å². The average Bonchev–Trinajstić information content (AvgIpc) is 2.19. The smallest absolute Gasteiger partial charge is 0.132 e. The molecule has 1 aliphatic heterocycles. The Morgan fingerprint density at radius 1 is 1.36 bits per heavy atom. The van der Waals surface area contributed by atoms with Crippen molar-refractivity contribution in [3.63, 3.8) is 0 Å². The van der Waals surface area contributed by atoms with Crippen molar-refractivity contribution in [2.75, 3.05) is 31.1 Å². The summed E-state index contributed by atoms with van der Waals surface area (Å²) in [5, 5.41) is 3.31. The molecule has 1 N–H and O–H groups in total. The predicted octanol–water partition coefficient (Wildman–Crippen LogP) is 0.616. The van der Waals surface area contributed by atoms with Gasteiger partial charge in [-0.3, -0.25) is 0 Å². The molecule has 0 radical (unpaired) electrons. The van der Waals surface area contributed by atoms with E-state index in [1.54, 1.807) is 0 Å². The highest BCUT2D eigenvalue weighted by molar-refractivity contribution is 5.85. The van der Waals surface area contributed by atoms with Gasteiger partial charge >= 0.3 is 0 Å². The molecule has 0 amide bonds. The molecule has 2 rings (SSSR count). The first-order valence-corrected chi connectivity index (χ1v) is 4.61. The Hall–Kier alpha value is -0.870. The summed E-state index contributed by atoms with van der Waals surface area (Å²) in [4.78, 5) is 10.7. The van der Waals surface area contributed by atoms with Crippen molar-refractivity contribution in [1.29, 1.82) is 0 Å². The molecular weight excluding hydrogens is 200 g/mol. The molecule has 0 unspecified atom stereocenters. The van der Waals surface area contributed by atoms with E-state index in [0.29, 0.717) is 0 Å². The number of rotatable bonds is 1. The first-order chi connectivity index (χ1) is 6.36. The molecule has 0 aliphatic carbocycles. The summed E-state index contributed by atoms with van der Waals surface area (Å²) in [6, 6.07) is 1.97. The van der Waals surface area contributed by atoms with E-state index in [-0.39, 0.29) is 12.4 Å². The summed E-state index contributed by atoms with van der Waals surface area (Å²) in [7, 11) is 0. The van der Waals surface area contributed by atoms with E-state index in [0.717, 1.165) is 37.8 Å². The molecule has 78 valence electrons. The highest BCUT2D eigenvalue weighted by atomic mass is 35.5. The molecular formula is C9H15ClN4. The van der Waals surface area contributed by atoms with E-state index < -0.39 is 0 Å². The molecule has 14 heavy (non-hydrogen) atoms. The average molecular weight is 215 g/mol. The van der Waals surface area contributed by atoms with Crippen LogP contribution in [0, 0.1) is 6.92 Å². The molecule has 1 aliphatic rings. The lowest BCUT2D eigenvalue weighted by Gasteiger charge is -2.28. The minimum Gasteiger partial charge on any atom is -0.354 e. The molecule has 0 spiro atoms. The Morgan fingerprint density at radius 3 is 2.71 bits per heavy atom. The van der Waals surface area contributed by atoms with Gasteiger partial charge in [0.25, 0.3) is 0 Å². The van der Waals surface area contributed by atoms with Crippen LogP contribution in [0.5, 0.6) is 0 Å². The van der Waals surface area contributed by atoms with Crippen LogP contribution >= 0.6 is 12.4 Å². The normalized spacial score (nSPS) is 16.2. The third kappa shape index (κ3) is 2.56. The summed E-state index contributed by atoms with van der Waals surface area (Å²) in [5.74, 6) is 1.89. The lowest BCUT2D eigenvalue weighted by Crippen LogP contribution is -2.43. The van der Waals surface area contributed by atoms with E-state index in [1.165, 1.54) is 0 Å². The Balaban J connectivity index is 0.000000980. The highest BCUT2D eigenvalue weighted by Crippen LogP contribution is 2.09. The van der Waals surface area contributed by atoms with Gasteiger partial charge in [-0.25, -0.2) is 9.97 Å². The Bertz CT molecular complexity index is 286. The van der Waals surface area contributed by atoms with Gasteiger partial charge in [-0.15, -0.1) is 12.4 Å². The van der Waals surface area contributed by atoms with Crippen molar-refractivity contribution in [3.8, 4) is 0 Å². The Kier molecular flexibility index (Phi) is 4.10. The van der Waals surface area contributed by atoms with Crippen molar-refractivity contribution in [3.05, 3.63) is 18.1 Å². The Labute approximate surface area is 90.2 Å². The first kappa shape index (κ1) is 11.2. The minimum absolute atomic E-state index is 0. The van der Waals surface area contributed by atoms with Gasteiger partial charge in [-0.1, -0.05) is 0 Å². The molecule has 0 saturated carbocycles. The van der Waals surface area contributed by atoms with Crippen molar-refractivity contribution >= 4 is 18.2 Å². The lowest BCUT2D eigenvalue weighted by molar-refractivity contribution is 0.584. The lowest BCUT2D eigenvalue weighted by atomic mass is 10.3. The fraction of sp³-hybridized carbons (Fsp3) is 0.556. The van der Waals surface area contributed by atoms with E-state index >= 15 is 0 Å². The van der Waals surface area contributed by atoms with E-state index in [1.807, 2.05) is 19.2 Å². The summed E-state index contributed by atoms with van der Waals surface area (Å²) in [6.45, 7) is 6.09. The number of hydrogen-bond donors (Lipinski definition) is 1. The molecule has 1 aromatic heterocycles. The maximum Gasteiger partial charge on any atom is 0.132 e. The molecule has 5 heteroatoms. The van der Waals surface area contributed by atoms with Crippen LogP contribution in [0.3, 0.4) is 0 Å². The predicted molar refractivity (Wildman–Crippen MR) is 59.1 cm³/mol. The largest absolute Gasteiger partial charge is 0.354 e. The van der Waals surface area contributed by atoms with Gasteiger partial charge in [0.2, 0.25) is 0 Å². The quantitative estimate of drug-likeness (QED) is 0.744. The van der Waals surface area contributed by atoms with Crippen LogP contribution in [-0.2, 0) is 0 Å². The number of aromatic nitrogens is 2. The van der Waals surface area contributed by atoms with E-state index in [2.05, 4.69) is 20.2 Å². The molecule has 0 atom stereocenters. The molecule has 4 nitrogen and oxygen atoms in total. The Morgan fingerprint density at radius 2 is 2.07 bits per heavy atom. The first-order valence-electron chi connectivity index (χ1n) is 4.61. The van der Waals surface area contributed by atoms with Crippen molar-refractivity contribution < 1.29 is 0 Å². The second-order valence-electron chi connectivity index (χ2n) is 3.20. The van der Waals surface area contributed by atoms with Gasteiger partial charge in [0.1, 0.15) is 11.6 Å². The second kappa shape index (κ2) is 5.12. The fourth-order valence-corrected chi connectivity index (χ4v) is 1.51. The summed E-state index contributed by atoms with van der Waals surface area (Å²) < 4.78 is 0. The number of nitrogens with zero attached hydrogens (tertiary/aromatic N) is 3. The molecule has 0 bridgehead atoms. The van der Waals surface area contributed by atoms with Crippen molar-refractivity contribution in [1.82, 2.24) is 15.3 Å². The van der Waals surface area contributed by atoms with E-state index in [9.17, 15) is 0 Å². The van der Waals surface area contributed by atoms with Crippen LogP contribution in [0.25, 0.3) is 0 Å². The molecule has 2 heterocycles. The number of anilines is 1. The monoisotopic (exact) mass is 214 g/mol. The zero-order valence-corrected chi connectivity index (χ0v) is 9.05. The number of piperazine rings is 1. The van der Waals surface area contributed by atoms with Crippen molar-refractivity contribution in [2.24, 2.45) is 0 Å². The van der Waals surface area contributed by atoms with Crippen molar-refractivity contribution in [2.45, 2.75) is 6.92 Å². The van der Waals surface area contributed by atoms with Gasteiger partial charge in [-0.2, -0.15) is 0 Å².